The molecule has 1 aliphatic heterocycles. The Morgan fingerprint density at radius 3 is 2.61 bits per heavy atom. The molecule has 2 saturated carbocycles. The summed E-state index contributed by atoms with van der Waals surface area (Å²) in [6, 6.07) is 0.688. The first-order chi connectivity index (χ1) is 8.76. The van der Waals surface area contributed by atoms with Crippen molar-refractivity contribution in [3.63, 3.8) is 0 Å². The highest BCUT2D eigenvalue weighted by atomic mass is 32.1. The number of nitrogens with one attached hydrogen (secondary N) is 2. The van der Waals surface area contributed by atoms with Gasteiger partial charge in [0.2, 0.25) is 0 Å². The molecule has 2 aliphatic carbocycles. The van der Waals surface area contributed by atoms with Crippen molar-refractivity contribution in [1.82, 2.24) is 10.2 Å². The van der Waals surface area contributed by atoms with Crippen LogP contribution in [-0.2, 0) is 0 Å². The predicted octanol–water partition coefficient (Wildman–Crippen LogP) is 0.270. The van der Waals surface area contributed by atoms with Crippen molar-refractivity contribution in [2.24, 2.45) is 11.8 Å². The molecule has 0 amide bonds. The van der Waals surface area contributed by atoms with Crippen molar-refractivity contribution in [2.45, 2.75) is 38.6 Å². The molecule has 1 heterocycles. The highest BCUT2D eigenvalue weighted by molar-refractivity contribution is 7.80. The number of rotatable bonds is 2. The van der Waals surface area contributed by atoms with Crippen LogP contribution in [0.25, 0.3) is 0 Å². The lowest BCUT2D eigenvalue weighted by molar-refractivity contribution is -0.902. The number of thiocarbonyl (C=S) groups is 1. The zero-order valence-electron chi connectivity index (χ0n) is 11.5. The van der Waals surface area contributed by atoms with Crippen LogP contribution < -0.4 is 10.2 Å². The summed E-state index contributed by atoms with van der Waals surface area (Å²) in [5.41, 5.74) is 0. The molecular weight excluding hydrogens is 242 g/mol. The van der Waals surface area contributed by atoms with Crippen molar-refractivity contribution in [3.05, 3.63) is 0 Å². The Morgan fingerprint density at radius 2 is 2.06 bits per heavy atom. The maximum atomic E-state index is 5.61. The van der Waals surface area contributed by atoms with Crippen LogP contribution in [0.1, 0.15) is 32.6 Å². The van der Waals surface area contributed by atoms with Gasteiger partial charge in [-0.15, -0.1) is 0 Å². The van der Waals surface area contributed by atoms with Crippen molar-refractivity contribution in [3.8, 4) is 0 Å². The van der Waals surface area contributed by atoms with E-state index in [-0.39, 0.29) is 0 Å². The quantitative estimate of drug-likeness (QED) is 0.702. The Kier molecular flexibility index (Phi) is 3.76. The van der Waals surface area contributed by atoms with E-state index in [2.05, 4.69) is 17.1 Å². The monoisotopic (exact) mass is 268 g/mol. The molecule has 0 aromatic carbocycles. The van der Waals surface area contributed by atoms with Gasteiger partial charge in [-0.05, 0) is 50.2 Å². The minimum absolute atomic E-state index is 0.688. The van der Waals surface area contributed by atoms with Gasteiger partial charge in [0.15, 0.2) is 5.11 Å². The molecule has 3 rings (SSSR count). The van der Waals surface area contributed by atoms with Crippen molar-refractivity contribution in [1.29, 1.82) is 0 Å². The van der Waals surface area contributed by atoms with Gasteiger partial charge >= 0.3 is 0 Å². The van der Waals surface area contributed by atoms with Gasteiger partial charge < -0.3 is 15.1 Å². The molecule has 4 heteroatoms. The Balaban J connectivity index is 1.47. The molecule has 0 spiro atoms. The molecule has 3 atom stereocenters. The number of fused-ring (bicyclic) bond motifs is 2. The lowest BCUT2D eigenvalue weighted by Crippen LogP contribution is -3.14. The number of hydrogen-bond donors (Lipinski definition) is 2. The molecule has 18 heavy (non-hydrogen) atoms. The summed E-state index contributed by atoms with van der Waals surface area (Å²) in [5, 5.41) is 4.69. The summed E-state index contributed by atoms with van der Waals surface area (Å²) < 4.78 is 0. The number of piperazine rings is 1. The van der Waals surface area contributed by atoms with Crippen LogP contribution in [0.5, 0.6) is 0 Å². The van der Waals surface area contributed by atoms with E-state index in [1.54, 1.807) is 4.90 Å². The summed E-state index contributed by atoms with van der Waals surface area (Å²) in [6.45, 7) is 8.28. The molecule has 0 unspecified atom stereocenters. The molecule has 1 saturated heterocycles. The largest absolute Gasteiger partial charge is 0.360 e. The second kappa shape index (κ2) is 5.33. The summed E-state index contributed by atoms with van der Waals surface area (Å²) in [6.07, 6.45) is 5.71. The summed E-state index contributed by atoms with van der Waals surface area (Å²) in [4.78, 5) is 4.11. The van der Waals surface area contributed by atoms with E-state index in [0.717, 1.165) is 30.0 Å². The number of quaternary nitrogens is 1. The van der Waals surface area contributed by atoms with E-state index in [4.69, 9.17) is 12.2 Å². The Labute approximate surface area is 116 Å². The predicted molar refractivity (Wildman–Crippen MR) is 77.8 cm³/mol. The summed E-state index contributed by atoms with van der Waals surface area (Å²) in [7, 11) is 0. The van der Waals surface area contributed by atoms with E-state index in [1.807, 2.05) is 0 Å². The topological polar surface area (TPSA) is 19.7 Å². The zero-order chi connectivity index (χ0) is 12.5. The van der Waals surface area contributed by atoms with Crippen LogP contribution in [0.3, 0.4) is 0 Å². The molecule has 102 valence electrons. The number of hydrogen-bond acceptors (Lipinski definition) is 1. The maximum Gasteiger partial charge on any atom is 0.169 e. The standard InChI is InChI=1S/C14H25N3S/c1-2-16-5-7-17(8-6-16)14(18)15-13-10-11-3-4-12(13)9-11/h11-13H,2-10H2,1H3,(H,15,18)/p+1/t11-,12+,13+/m0/s1. The maximum absolute atomic E-state index is 5.61. The summed E-state index contributed by atoms with van der Waals surface area (Å²) >= 11 is 5.61. The molecule has 0 aromatic rings. The molecule has 3 nitrogen and oxygen atoms in total. The van der Waals surface area contributed by atoms with Crippen LogP contribution in [0.4, 0.5) is 0 Å². The Bertz CT molecular complexity index is 312. The van der Waals surface area contributed by atoms with Crippen LogP contribution in [0.2, 0.25) is 0 Å². The minimum Gasteiger partial charge on any atom is -0.360 e. The Hall–Kier alpha value is -0.350. The Morgan fingerprint density at radius 1 is 1.28 bits per heavy atom. The second-order valence-electron chi connectivity index (χ2n) is 6.32. The van der Waals surface area contributed by atoms with Gasteiger partial charge in [-0.1, -0.05) is 6.42 Å². The average molecular weight is 268 g/mol. The first-order valence-electron chi connectivity index (χ1n) is 7.65. The third-order valence-electron chi connectivity index (χ3n) is 5.30. The van der Waals surface area contributed by atoms with E-state index in [9.17, 15) is 0 Å². The highest BCUT2D eigenvalue weighted by Crippen LogP contribution is 2.44. The van der Waals surface area contributed by atoms with Crippen molar-refractivity contribution >= 4 is 17.3 Å². The van der Waals surface area contributed by atoms with Crippen LogP contribution >= 0.6 is 12.2 Å². The smallest absolute Gasteiger partial charge is 0.169 e. The second-order valence-corrected chi connectivity index (χ2v) is 6.71. The molecule has 3 fully saturated rings. The van der Waals surface area contributed by atoms with Gasteiger partial charge in [0, 0.05) is 6.04 Å². The van der Waals surface area contributed by atoms with Crippen molar-refractivity contribution in [2.75, 3.05) is 32.7 Å². The van der Waals surface area contributed by atoms with Gasteiger partial charge in [0.1, 0.15) is 0 Å². The third-order valence-corrected chi connectivity index (χ3v) is 5.68. The van der Waals surface area contributed by atoms with Crippen LogP contribution in [-0.4, -0.2) is 48.8 Å². The molecule has 3 aliphatic rings. The molecule has 0 radical (unpaired) electrons. The van der Waals surface area contributed by atoms with Gasteiger partial charge in [-0.25, -0.2) is 0 Å². The average Bonchev–Trinajstić information content (AvgIpc) is 3.01. The molecule has 2 N–H and O–H groups in total. The van der Waals surface area contributed by atoms with Crippen LogP contribution in [0.15, 0.2) is 0 Å². The van der Waals surface area contributed by atoms with E-state index in [0.29, 0.717) is 6.04 Å². The fourth-order valence-corrected chi connectivity index (χ4v) is 4.38. The number of nitrogens with zero attached hydrogens (tertiary/aromatic N) is 1. The zero-order valence-corrected chi connectivity index (χ0v) is 12.3. The highest BCUT2D eigenvalue weighted by Gasteiger charge is 2.40. The normalized spacial score (nSPS) is 36.1. The summed E-state index contributed by atoms with van der Waals surface area (Å²) in [5.74, 6) is 1.91. The van der Waals surface area contributed by atoms with Gasteiger partial charge in [-0.2, -0.15) is 0 Å². The van der Waals surface area contributed by atoms with Gasteiger partial charge in [0.25, 0.3) is 0 Å². The van der Waals surface area contributed by atoms with E-state index < -0.39 is 0 Å². The van der Waals surface area contributed by atoms with Gasteiger partial charge in [0.05, 0.1) is 32.7 Å². The lowest BCUT2D eigenvalue weighted by Gasteiger charge is -2.35. The van der Waals surface area contributed by atoms with E-state index in [1.165, 1.54) is 45.3 Å². The van der Waals surface area contributed by atoms with Gasteiger partial charge in [-0.3, -0.25) is 0 Å². The first-order valence-corrected chi connectivity index (χ1v) is 8.06. The third kappa shape index (κ3) is 2.50. The minimum atomic E-state index is 0.688. The molecule has 0 aromatic heterocycles. The number of likely N-dealkylation sites (N-methyl/N-ethyl adjacent to an activating group) is 1. The lowest BCUT2D eigenvalue weighted by atomic mass is 9.95. The fraction of sp³-hybridized carbons (Fsp3) is 0.929. The molecule has 2 bridgehead atoms. The fourth-order valence-electron chi connectivity index (χ4n) is 4.05. The first kappa shape index (κ1) is 12.7. The van der Waals surface area contributed by atoms with Crippen LogP contribution in [0, 0.1) is 11.8 Å². The molecular formula is C14H26N3S+. The van der Waals surface area contributed by atoms with E-state index >= 15 is 0 Å². The van der Waals surface area contributed by atoms with Crippen molar-refractivity contribution < 1.29 is 4.90 Å². The SMILES string of the molecule is CC[NH+]1CCN(C(=S)N[C@@H]2C[C@H]3CC[C@@H]2C3)CC1.